The van der Waals surface area contributed by atoms with Gasteiger partial charge in [-0.25, -0.2) is 0 Å². The molecule has 1 saturated carbocycles. The maximum Gasteiger partial charge on any atom is 0.251 e. The highest BCUT2D eigenvalue weighted by Gasteiger charge is 2.50. The Labute approximate surface area is 121 Å². The van der Waals surface area contributed by atoms with Gasteiger partial charge in [-0.05, 0) is 54.8 Å². The van der Waals surface area contributed by atoms with Crippen LogP contribution >= 0.6 is 0 Å². The van der Waals surface area contributed by atoms with Crippen LogP contribution in [-0.2, 0) is 6.42 Å². The minimum atomic E-state index is 0.0873. The summed E-state index contributed by atoms with van der Waals surface area (Å²) in [5, 5.41) is 6.43. The Bertz CT molecular complexity index is 536. The highest BCUT2D eigenvalue weighted by atomic mass is 16.1. The molecule has 0 spiro atoms. The number of benzene rings is 1. The van der Waals surface area contributed by atoms with Crippen LogP contribution in [0.3, 0.4) is 0 Å². The van der Waals surface area contributed by atoms with E-state index in [1.165, 1.54) is 17.5 Å². The third-order valence-corrected chi connectivity index (χ3v) is 4.95. The summed E-state index contributed by atoms with van der Waals surface area (Å²) in [6, 6.07) is 6.81. The Morgan fingerprint density at radius 2 is 2.15 bits per heavy atom. The number of carbonyl (C=O) groups is 1. The molecular formula is C17H24N2O. The third kappa shape index (κ3) is 2.35. The summed E-state index contributed by atoms with van der Waals surface area (Å²) in [5.41, 5.74) is 3.73. The van der Waals surface area contributed by atoms with E-state index >= 15 is 0 Å². The molecule has 1 amide bonds. The number of aryl methyl sites for hydroxylation is 1. The van der Waals surface area contributed by atoms with Gasteiger partial charge in [0.2, 0.25) is 0 Å². The lowest BCUT2D eigenvalue weighted by Gasteiger charge is -2.20. The summed E-state index contributed by atoms with van der Waals surface area (Å²) in [6.45, 7) is 5.42. The molecule has 3 nitrogen and oxygen atoms in total. The topological polar surface area (TPSA) is 41.1 Å². The highest BCUT2D eigenvalue weighted by molar-refractivity contribution is 5.96. The molecule has 0 aromatic heterocycles. The fourth-order valence-corrected chi connectivity index (χ4v) is 3.47. The minimum Gasteiger partial charge on any atom is -0.352 e. The maximum absolute atomic E-state index is 12.1. The maximum atomic E-state index is 12.1. The second kappa shape index (κ2) is 4.88. The molecule has 0 saturated heterocycles. The van der Waals surface area contributed by atoms with Gasteiger partial charge in [0.05, 0.1) is 0 Å². The molecular weight excluding hydrogens is 248 g/mol. The predicted octanol–water partition coefficient (Wildman–Crippen LogP) is 2.67. The number of amides is 1. The van der Waals surface area contributed by atoms with Crippen molar-refractivity contribution in [3.63, 3.8) is 0 Å². The van der Waals surface area contributed by atoms with E-state index in [0.29, 0.717) is 17.4 Å². The number of carbonyl (C=O) groups excluding carboxylic acids is 1. The van der Waals surface area contributed by atoms with Gasteiger partial charge in [-0.3, -0.25) is 4.79 Å². The average Bonchev–Trinajstić information content (AvgIpc) is 3.08. The van der Waals surface area contributed by atoms with Crippen molar-refractivity contribution >= 4 is 5.91 Å². The molecule has 3 heteroatoms. The summed E-state index contributed by atoms with van der Waals surface area (Å²) in [5.74, 6) is 0.753. The lowest BCUT2D eigenvalue weighted by atomic mass is 9.93. The van der Waals surface area contributed by atoms with Gasteiger partial charge in [-0.15, -0.1) is 0 Å². The standard InChI is InChI=1S/C17H24N2O/c1-17(2)10-14(17)15(18-3)12-7-6-11-5-4-8-19-16(20)13(11)9-12/h6-7,9,14-15,18H,4-5,8,10H2,1-3H3,(H,19,20). The number of hydrogen-bond donors (Lipinski definition) is 2. The van der Waals surface area contributed by atoms with Gasteiger partial charge in [-0.1, -0.05) is 26.0 Å². The van der Waals surface area contributed by atoms with Crippen molar-refractivity contribution in [3.8, 4) is 0 Å². The molecule has 1 aliphatic carbocycles. The second-order valence-corrected chi connectivity index (χ2v) is 6.84. The summed E-state index contributed by atoms with van der Waals surface area (Å²) >= 11 is 0. The van der Waals surface area contributed by atoms with Crippen LogP contribution in [-0.4, -0.2) is 19.5 Å². The first-order valence-corrected chi connectivity index (χ1v) is 7.61. The van der Waals surface area contributed by atoms with Crippen LogP contribution in [0.25, 0.3) is 0 Å². The first kappa shape index (κ1) is 13.6. The first-order valence-electron chi connectivity index (χ1n) is 7.61. The second-order valence-electron chi connectivity index (χ2n) is 6.84. The van der Waals surface area contributed by atoms with Gasteiger partial charge in [0, 0.05) is 18.2 Å². The van der Waals surface area contributed by atoms with Gasteiger partial charge in [0.25, 0.3) is 5.91 Å². The van der Waals surface area contributed by atoms with E-state index in [2.05, 4.69) is 42.7 Å². The zero-order valence-corrected chi connectivity index (χ0v) is 12.6. The van der Waals surface area contributed by atoms with Crippen molar-refractivity contribution in [1.29, 1.82) is 0 Å². The summed E-state index contributed by atoms with van der Waals surface area (Å²) in [7, 11) is 2.02. The van der Waals surface area contributed by atoms with Gasteiger partial charge < -0.3 is 10.6 Å². The Morgan fingerprint density at radius 3 is 2.80 bits per heavy atom. The van der Waals surface area contributed by atoms with Crippen LogP contribution in [0.5, 0.6) is 0 Å². The van der Waals surface area contributed by atoms with Crippen LogP contribution in [0.1, 0.15) is 54.2 Å². The molecule has 1 aliphatic heterocycles. The van der Waals surface area contributed by atoms with Crippen LogP contribution in [0.4, 0.5) is 0 Å². The van der Waals surface area contributed by atoms with E-state index in [0.717, 1.165) is 24.9 Å². The minimum absolute atomic E-state index is 0.0873. The third-order valence-electron chi connectivity index (χ3n) is 4.95. The SMILES string of the molecule is CNC(c1ccc2c(c1)C(=O)NCCC2)C1CC1(C)C. The summed E-state index contributed by atoms with van der Waals surface area (Å²) in [6.07, 6.45) is 3.28. The number of nitrogens with one attached hydrogen (secondary N) is 2. The highest BCUT2D eigenvalue weighted by Crippen LogP contribution is 2.57. The Kier molecular flexibility index (Phi) is 3.33. The van der Waals surface area contributed by atoms with Gasteiger partial charge in [0.1, 0.15) is 0 Å². The molecule has 2 atom stereocenters. The van der Waals surface area contributed by atoms with Crippen LogP contribution < -0.4 is 10.6 Å². The smallest absolute Gasteiger partial charge is 0.251 e. The lowest BCUT2D eigenvalue weighted by molar-refractivity contribution is 0.0956. The van der Waals surface area contributed by atoms with Crippen molar-refractivity contribution < 1.29 is 4.79 Å². The van der Waals surface area contributed by atoms with Crippen molar-refractivity contribution in [3.05, 3.63) is 34.9 Å². The van der Waals surface area contributed by atoms with E-state index in [9.17, 15) is 4.79 Å². The van der Waals surface area contributed by atoms with Crippen molar-refractivity contribution in [2.75, 3.05) is 13.6 Å². The Balaban J connectivity index is 1.93. The van der Waals surface area contributed by atoms with Gasteiger partial charge in [0.15, 0.2) is 0 Å². The van der Waals surface area contributed by atoms with Crippen LogP contribution in [0.15, 0.2) is 18.2 Å². The predicted molar refractivity (Wildman–Crippen MR) is 80.8 cm³/mol. The normalized spacial score (nSPS) is 25.4. The molecule has 1 aromatic rings. The average molecular weight is 272 g/mol. The van der Waals surface area contributed by atoms with Crippen LogP contribution in [0, 0.1) is 11.3 Å². The molecule has 108 valence electrons. The fourth-order valence-electron chi connectivity index (χ4n) is 3.47. The zero-order chi connectivity index (χ0) is 14.3. The van der Waals surface area contributed by atoms with Crippen molar-refractivity contribution in [2.45, 2.75) is 39.2 Å². The quantitative estimate of drug-likeness (QED) is 0.888. The monoisotopic (exact) mass is 272 g/mol. The molecule has 3 rings (SSSR count). The molecule has 1 aromatic carbocycles. The van der Waals surface area contributed by atoms with E-state index in [-0.39, 0.29) is 5.91 Å². The number of hydrogen-bond acceptors (Lipinski definition) is 2. The summed E-state index contributed by atoms with van der Waals surface area (Å²) < 4.78 is 0. The largest absolute Gasteiger partial charge is 0.352 e. The van der Waals surface area contributed by atoms with E-state index in [4.69, 9.17) is 0 Å². The first-order chi connectivity index (χ1) is 9.53. The number of fused-ring (bicyclic) bond motifs is 1. The van der Waals surface area contributed by atoms with E-state index in [1.807, 2.05) is 7.05 Å². The number of rotatable bonds is 3. The Hall–Kier alpha value is -1.35. The molecule has 1 fully saturated rings. The fraction of sp³-hybridized carbons (Fsp3) is 0.588. The molecule has 2 aliphatic rings. The van der Waals surface area contributed by atoms with E-state index < -0.39 is 0 Å². The molecule has 2 unspecified atom stereocenters. The molecule has 0 bridgehead atoms. The van der Waals surface area contributed by atoms with E-state index in [1.54, 1.807) is 0 Å². The lowest BCUT2D eigenvalue weighted by Crippen LogP contribution is -2.24. The molecule has 2 N–H and O–H groups in total. The summed E-state index contributed by atoms with van der Waals surface area (Å²) in [4.78, 5) is 12.1. The molecule has 20 heavy (non-hydrogen) atoms. The van der Waals surface area contributed by atoms with Gasteiger partial charge in [-0.2, -0.15) is 0 Å². The van der Waals surface area contributed by atoms with Crippen LogP contribution in [0.2, 0.25) is 0 Å². The zero-order valence-electron chi connectivity index (χ0n) is 12.6. The van der Waals surface area contributed by atoms with Crippen molar-refractivity contribution in [2.24, 2.45) is 11.3 Å². The Morgan fingerprint density at radius 1 is 1.40 bits per heavy atom. The van der Waals surface area contributed by atoms with Crippen molar-refractivity contribution in [1.82, 2.24) is 10.6 Å². The molecule has 0 radical (unpaired) electrons. The molecule has 1 heterocycles. The van der Waals surface area contributed by atoms with Gasteiger partial charge >= 0.3 is 0 Å².